The lowest BCUT2D eigenvalue weighted by atomic mass is 10.2. The monoisotopic (exact) mass is 271 g/mol. The van der Waals surface area contributed by atoms with Crippen molar-refractivity contribution >= 4 is 19.7 Å². The zero-order chi connectivity index (χ0) is 12.5. The molecule has 0 fully saturated rings. The maximum atomic E-state index is 12.7. The number of alkyl halides is 2. The van der Waals surface area contributed by atoms with Crippen LogP contribution in [0.5, 0.6) is 5.75 Å². The quantitative estimate of drug-likeness (QED) is 0.792. The standard InChI is InChI=1S/C8H8ClF2NO3S/c1-4-3-5(15-2)6(7(10)11)8(12-4)16(9,13)14/h3,7H,1-2H3. The molecule has 0 bridgehead atoms. The minimum absolute atomic E-state index is 0.223. The summed E-state index contributed by atoms with van der Waals surface area (Å²) in [6.07, 6.45) is -3.04. The molecule has 0 aliphatic rings. The number of hydrogen-bond donors (Lipinski definition) is 0. The summed E-state index contributed by atoms with van der Waals surface area (Å²) in [7, 11) is 1.86. The summed E-state index contributed by atoms with van der Waals surface area (Å²) in [6, 6.07) is 1.22. The highest BCUT2D eigenvalue weighted by Crippen LogP contribution is 2.35. The highest BCUT2D eigenvalue weighted by molar-refractivity contribution is 8.13. The molecule has 1 rings (SSSR count). The molecule has 1 heterocycles. The fourth-order valence-electron chi connectivity index (χ4n) is 1.18. The van der Waals surface area contributed by atoms with E-state index in [-0.39, 0.29) is 11.4 Å². The smallest absolute Gasteiger partial charge is 0.279 e. The van der Waals surface area contributed by atoms with Crippen molar-refractivity contribution in [1.82, 2.24) is 4.98 Å². The second-order valence-corrected chi connectivity index (χ2v) is 5.40. The molecule has 90 valence electrons. The summed E-state index contributed by atoms with van der Waals surface area (Å²) in [6.45, 7) is 1.45. The molecular weight excluding hydrogens is 264 g/mol. The molecule has 0 radical (unpaired) electrons. The molecule has 0 unspecified atom stereocenters. The summed E-state index contributed by atoms with van der Waals surface area (Å²) in [5, 5.41) is -0.860. The first-order valence-electron chi connectivity index (χ1n) is 4.05. The summed E-state index contributed by atoms with van der Waals surface area (Å²) in [4.78, 5) is 3.49. The van der Waals surface area contributed by atoms with Crippen LogP contribution in [0.4, 0.5) is 8.78 Å². The Morgan fingerprint density at radius 1 is 1.50 bits per heavy atom. The fraction of sp³-hybridized carbons (Fsp3) is 0.375. The molecule has 0 aliphatic carbocycles. The molecule has 1 aromatic rings. The number of aryl methyl sites for hydroxylation is 1. The zero-order valence-electron chi connectivity index (χ0n) is 8.37. The number of aromatic nitrogens is 1. The largest absolute Gasteiger partial charge is 0.496 e. The van der Waals surface area contributed by atoms with Gasteiger partial charge in [-0.25, -0.2) is 22.2 Å². The van der Waals surface area contributed by atoms with Gasteiger partial charge in [0.1, 0.15) is 5.75 Å². The van der Waals surface area contributed by atoms with E-state index < -0.39 is 26.1 Å². The lowest BCUT2D eigenvalue weighted by Crippen LogP contribution is -2.06. The van der Waals surface area contributed by atoms with Gasteiger partial charge in [0.05, 0.1) is 12.7 Å². The predicted octanol–water partition coefficient (Wildman–Crippen LogP) is 2.26. The molecule has 0 aliphatic heterocycles. The van der Waals surface area contributed by atoms with Gasteiger partial charge in [0.25, 0.3) is 15.5 Å². The van der Waals surface area contributed by atoms with Crippen LogP contribution in [0, 0.1) is 6.92 Å². The third kappa shape index (κ3) is 2.59. The highest BCUT2D eigenvalue weighted by atomic mass is 35.7. The number of pyridine rings is 1. The first-order valence-corrected chi connectivity index (χ1v) is 6.36. The van der Waals surface area contributed by atoms with Crippen LogP contribution < -0.4 is 4.74 Å². The van der Waals surface area contributed by atoms with E-state index in [1.54, 1.807) is 0 Å². The maximum absolute atomic E-state index is 12.7. The average molecular weight is 272 g/mol. The van der Waals surface area contributed by atoms with Crippen LogP contribution in [0.2, 0.25) is 0 Å². The Bertz CT molecular complexity index is 504. The zero-order valence-corrected chi connectivity index (χ0v) is 9.94. The number of ether oxygens (including phenoxy) is 1. The summed E-state index contributed by atoms with van der Waals surface area (Å²) in [5.74, 6) is -0.248. The lowest BCUT2D eigenvalue weighted by molar-refractivity contribution is 0.142. The van der Waals surface area contributed by atoms with Crippen molar-refractivity contribution in [3.05, 3.63) is 17.3 Å². The van der Waals surface area contributed by atoms with Gasteiger partial charge in [-0.05, 0) is 6.92 Å². The Morgan fingerprint density at radius 2 is 2.06 bits per heavy atom. The van der Waals surface area contributed by atoms with Crippen LogP contribution in [0.25, 0.3) is 0 Å². The minimum Gasteiger partial charge on any atom is -0.496 e. The van der Waals surface area contributed by atoms with Gasteiger partial charge in [-0.2, -0.15) is 0 Å². The van der Waals surface area contributed by atoms with Crippen LogP contribution >= 0.6 is 10.7 Å². The van der Waals surface area contributed by atoms with Gasteiger partial charge in [-0.15, -0.1) is 0 Å². The number of hydrogen-bond acceptors (Lipinski definition) is 4. The summed E-state index contributed by atoms with van der Waals surface area (Å²) < 4.78 is 52.3. The van der Waals surface area contributed by atoms with E-state index in [1.807, 2.05) is 0 Å². The Labute approximate surface area is 95.6 Å². The Morgan fingerprint density at radius 3 is 2.44 bits per heavy atom. The Balaban J connectivity index is 3.64. The molecular formula is C8H8ClF2NO3S. The molecule has 0 saturated heterocycles. The summed E-state index contributed by atoms with van der Waals surface area (Å²) in [5.41, 5.74) is -0.594. The average Bonchev–Trinajstić information content (AvgIpc) is 2.14. The minimum atomic E-state index is -4.33. The molecule has 0 amide bonds. The number of halogens is 3. The molecule has 8 heteroatoms. The van der Waals surface area contributed by atoms with E-state index in [0.717, 1.165) is 7.11 Å². The molecule has 0 atom stereocenters. The van der Waals surface area contributed by atoms with Crippen LogP contribution in [-0.4, -0.2) is 20.5 Å². The molecule has 1 aromatic heterocycles. The molecule has 0 spiro atoms. The molecule has 4 nitrogen and oxygen atoms in total. The van der Waals surface area contributed by atoms with E-state index in [1.165, 1.54) is 13.0 Å². The van der Waals surface area contributed by atoms with Crippen molar-refractivity contribution in [3.8, 4) is 5.75 Å². The van der Waals surface area contributed by atoms with E-state index in [9.17, 15) is 17.2 Å². The van der Waals surface area contributed by atoms with Crippen LogP contribution in [0.15, 0.2) is 11.1 Å². The van der Waals surface area contributed by atoms with Crippen LogP contribution in [-0.2, 0) is 9.05 Å². The number of nitrogens with zero attached hydrogens (tertiary/aromatic N) is 1. The normalized spacial score (nSPS) is 11.9. The van der Waals surface area contributed by atoms with E-state index in [4.69, 9.17) is 10.7 Å². The number of methoxy groups -OCH3 is 1. The predicted molar refractivity (Wildman–Crippen MR) is 53.5 cm³/mol. The third-order valence-electron chi connectivity index (χ3n) is 1.78. The third-order valence-corrected chi connectivity index (χ3v) is 2.99. The summed E-state index contributed by atoms with van der Waals surface area (Å²) >= 11 is 0. The van der Waals surface area contributed by atoms with Crippen LogP contribution in [0.1, 0.15) is 17.7 Å². The van der Waals surface area contributed by atoms with E-state index in [0.29, 0.717) is 0 Å². The maximum Gasteiger partial charge on any atom is 0.279 e. The van der Waals surface area contributed by atoms with Crippen molar-refractivity contribution < 1.29 is 21.9 Å². The van der Waals surface area contributed by atoms with Crippen molar-refractivity contribution in [2.24, 2.45) is 0 Å². The number of rotatable bonds is 3. The van der Waals surface area contributed by atoms with Crippen LogP contribution in [0.3, 0.4) is 0 Å². The second-order valence-electron chi connectivity index (χ2n) is 2.92. The topological polar surface area (TPSA) is 56.3 Å². The SMILES string of the molecule is COc1cc(C)nc(S(=O)(=O)Cl)c1C(F)F. The van der Waals surface area contributed by atoms with Gasteiger partial charge in [0.15, 0.2) is 5.03 Å². The van der Waals surface area contributed by atoms with Gasteiger partial charge in [-0.1, -0.05) is 0 Å². The van der Waals surface area contributed by atoms with Crippen molar-refractivity contribution in [2.75, 3.05) is 7.11 Å². The van der Waals surface area contributed by atoms with Gasteiger partial charge < -0.3 is 4.74 Å². The first kappa shape index (κ1) is 13.1. The molecule has 16 heavy (non-hydrogen) atoms. The fourth-order valence-corrected chi connectivity index (χ4v) is 2.24. The second kappa shape index (κ2) is 4.50. The Kier molecular flexibility index (Phi) is 3.69. The van der Waals surface area contributed by atoms with Crippen molar-refractivity contribution in [3.63, 3.8) is 0 Å². The van der Waals surface area contributed by atoms with Gasteiger partial charge >= 0.3 is 0 Å². The molecule has 0 N–H and O–H groups in total. The van der Waals surface area contributed by atoms with E-state index in [2.05, 4.69) is 9.72 Å². The van der Waals surface area contributed by atoms with Crippen molar-refractivity contribution in [1.29, 1.82) is 0 Å². The van der Waals surface area contributed by atoms with Gasteiger partial charge in [0, 0.05) is 22.4 Å². The molecule has 0 aromatic carbocycles. The van der Waals surface area contributed by atoms with Crippen molar-refractivity contribution in [2.45, 2.75) is 18.4 Å². The lowest BCUT2D eigenvalue weighted by Gasteiger charge is -2.11. The Hall–Kier alpha value is -0.950. The first-order chi connectivity index (χ1) is 7.27. The van der Waals surface area contributed by atoms with Gasteiger partial charge in [0.2, 0.25) is 0 Å². The van der Waals surface area contributed by atoms with Gasteiger partial charge in [-0.3, -0.25) is 0 Å². The highest BCUT2D eigenvalue weighted by Gasteiger charge is 2.28. The van der Waals surface area contributed by atoms with E-state index >= 15 is 0 Å². The molecule has 0 saturated carbocycles.